The SMILES string of the molecule is O=C1NCCN1c1cccc(CN2CCCC2)c1. The Morgan fingerprint density at radius 1 is 1.17 bits per heavy atom. The van der Waals surface area contributed by atoms with E-state index in [2.05, 4.69) is 22.3 Å². The minimum atomic E-state index is 0.0216. The van der Waals surface area contributed by atoms with E-state index in [1.165, 1.54) is 31.5 Å². The zero-order valence-corrected chi connectivity index (χ0v) is 10.6. The van der Waals surface area contributed by atoms with Crippen molar-refractivity contribution < 1.29 is 4.79 Å². The van der Waals surface area contributed by atoms with Gasteiger partial charge in [-0.2, -0.15) is 0 Å². The molecule has 2 aliphatic rings. The number of benzene rings is 1. The second kappa shape index (κ2) is 4.98. The van der Waals surface area contributed by atoms with Crippen molar-refractivity contribution >= 4 is 11.7 Å². The zero-order valence-electron chi connectivity index (χ0n) is 10.6. The first-order valence-electron chi connectivity index (χ1n) is 6.69. The van der Waals surface area contributed by atoms with Gasteiger partial charge in [0.05, 0.1) is 0 Å². The van der Waals surface area contributed by atoms with Gasteiger partial charge in [0.25, 0.3) is 0 Å². The molecule has 0 saturated carbocycles. The van der Waals surface area contributed by atoms with Crippen LogP contribution in [0.25, 0.3) is 0 Å². The Labute approximate surface area is 108 Å². The summed E-state index contributed by atoms with van der Waals surface area (Å²) in [5.74, 6) is 0. The maximum absolute atomic E-state index is 11.6. The predicted molar refractivity (Wildman–Crippen MR) is 71.7 cm³/mol. The Morgan fingerprint density at radius 3 is 2.72 bits per heavy atom. The van der Waals surface area contributed by atoms with E-state index in [1.54, 1.807) is 0 Å². The molecule has 0 aromatic heterocycles. The van der Waals surface area contributed by atoms with Crippen LogP contribution >= 0.6 is 0 Å². The third-order valence-electron chi connectivity index (χ3n) is 3.68. The Hall–Kier alpha value is -1.55. The number of amides is 2. The molecule has 2 fully saturated rings. The van der Waals surface area contributed by atoms with Crippen molar-refractivity contribution in [1.29, 1.82) is 0 Å². The Balaban J connectivity index is 1.73. The fourth-order valence-corrected chi connectivity index (χ4v) is 2.74. The molecule has 1 aromatic rings. The molecule has 96 valence electrons. The Bertz CT molecular complexity index is 440. The third kappa shape index (κ3) is 2.34. The minimum Gasteiger partial charge on any atom is -0.336 e. The highest BCUT2D eigenvalue weighted by atomic mass is 16.2. The molecule has 2 saturated heterocycles. The lowest BCUT2D eigenvalue weighted by molar-refractivity contribution is 0.252. The highest BCUT2D eigenvalue weighted by molar-refractivity contribution is 5.94. The summed E-state index contributed by atoms with van der Waals surface area (Å²) in [6.07, 6.45) is 2.63. The molecule has 0 atom stereocenters. The number of rotatable bonds is 3. The van der Waals surface area contributed by atoms with Crippen molar-refractivity contribution in [3.63, 3.8) is 0 Å². The summed E-state index contributed by atoms with van der Waals surface area (Å²) < 4.78 is 0. The molecule has 2 aliphatic heterocycles. The van der Waals surface area contributed by atoms with Gasteiger partial charge in [0, 0.05) is 25.3 Å². The van der Waals surface area contributed by atoms with Crippen molar-refractivity contribution in [2.24, 2.45) is 0 Å². The van der Waals surface area contributed by atoms with Gasteiger partial charge in [-0.25, -0.2) is 4.79 Å². The fourth-order valence-electron chi connectivity index (χ4n) is 2.74. The molecule has 3 rings (SSSR count). The van der Waals surface area contributed by atoms with Crippen molar-refractivity contribution in [2.75, 3.05) is 31.1 Å². The van der Waals surface area contributed by atoms with Crippen LogP contribution in [-0.2, 0) is 6.54 Å². The maximum atomic E-state index is 11.6. The smallest absolute Gasteiger partial charge is 0.321 e. The van der Waals surface area contributed by atoms with Gasteiger partial charge in [-0.05, 0) is 43.6 Å². The van der Waals surface area contributed by atoms with Crippen LogP contribution in [0.2, 0.25) is 0 Å². The lowest BCUT2D eigenvalue weighted by Crippen LogP contribution is -2.27. The molecule has 0 spiro atoms. The van der Waals surface area contributed by atoms with E-state index in [0.717, 1.165) is 25.3 Å². The van der Waals surface area contributed by atoms with Crippen molar-refractivity contribution in [3.8, 4) is 0 Å². The first-order chi connectivity index (χ1) is 8.83. The largest absolute Gasteiger partial charge is 0.336 e. The van der Waals surface area contributed by atoms with Gasteiger partial charge >= 0.3 is 6.03 Å². The number of likely N-dealkylation sites (tertiary alicyclic amines) is 1. The van der Waals surface area contributed by atoms with E-state index in [0.29, 0.717) is 0 Å². The van der Waals surface area contributed by atoms with E-state index in [9.17, 15) is 4.79 Å². The van der Waals surface area contributed by atoms with E-state index < -0.39 is 0 Å². The van der Waals surface area contributed by atoms with E-state index in [-0.39, 0.29) is 6.03 Å². The predicted octanol–water partition coefficient (Wildman–Crippen LogP) is 1.81. The zero-order chi connectivity index (χ0) is 12.4. The summed E-state index contributed by atoms with van der Waals surface area (Å²) in [6.45, 7) is 4.92. The van der Waals surface area contributed by atoms with Crippen molar-refractivity contribution in [2.45, 2.75) is 19.4 Å². The number of hydrogen-bond acceptors (Lipinski definition) is 2. The number of nitrogens with one attached hydrogen (secondary N) is 1. The molecule has 4 nitrogen and oxygen atoms in total. The van der Waals surface area contributed by atoms with Crippen molar-refractivity contribution in [3.05, 3.63) is 29.8 Å². The summed E-state index contributed by atoms with van der Waals surface area (Å²) in [6, 6.07) is 8.37. The number of urea groups is 1. The van der Waals surface area contributed by atoms with Crippen LogP contribution in [0.4, 0.5) is 10.5 Å². The van der Waals surface area contributed by atoms with E-state index in [1.807, 2.05) is 17.0 Å². The summed E-state index contributed by atoms with van der Waals surface area (Å²) in [7, 11) is 0. The third-order valence-corrected chi connectivity index (χ3v) is 3.68. The quantitative estimate of drug-likeness (QED) is 0.881. The minimum absolute atomic E-state index is 0.0216. The van der Waals surface area contributed by atoms with Crippen LogP contribution in [0.1, 0.15) is 18.4 Å². The van der Waals surface area contributed by atoms with Crippen LogP contribution in [0.5, 0.6) is 0 Å². The summed E-state index contributed by atoms with van der Waals surface area (Å²) in [5, 5.41) is 2.84. The monoisotopic (exact) mass is 245 g/mol. The van der Waals surface area contributed by atoms with E-state index in [4.69, 9.17) is 0 Å². The summed E-state index contributed by atoms with van der Waals surface area (Å²) >= 11 is 0. The molecule has 1 N–H and O–H groups in total. The second-order valence-electron chi connectivity index (χ2n) is 5.04. The Morgan fingerprint density at radius 2 is 2.00 bits per heavy atom. The van der Waals surface area contributed by atoms with Crippen LogP contribution in [0, 0.1) is 0 Å². The van der Waals surface area contributed by atoms with Crippen LogP contribution in [0.3, 0.4) is 0 Å². The molecule has 4 heteroatoms. The molecule has 18 heavy (non-hydrogen) atoms. The normalized spacial score (nSPS) is 20.4. The van der Waals surface area contributed by atoms with Gasteiger partial charge in [0.15, 0.2) is 0 Å². The van der Waals surface area contributed by atoms with Gasteiger partial charge < -0.3 is 5.32 Å². The highest BCUT2D eigenvalue weighted by Gasteiger charge is 2.21. The average molecular weight is 245 g/mol. The first-order valence-corrected chi connectivity index (χ1v) is 6.69. The van der Waals surface area contributed by atoms with Gasteiger partial charge in [-0.1, -0.05) is 12.1 Å². The molecule has 1 aromatic carbocycles. The van der Waals surface area contributed by atoms with Crippen molar-refractivity contribution in [1.82, 2.24) is 10.2 Å². The number of hydrogen-bond donors (Lipinski definition) is 1. The molecule has 2 heterocycles. The van der Waals surface area contributed by atoms with Gasteiger partial charge in [0.1, 0.15) is 0 Å². The van der Waals surface area contributed by atoms with Crippen LogP contribution < -0.4 is 10.2 Å². The standard InChI is InChI=1S/C14H19N3O/c18-14-15-6-9-17(14)13-5-3-4-12(10-13)11-16-7-1-2-8-16/h3-5,10H,1-2,6-9,11H2,(H,15,18). The first kappa shape index (κ1) is 11.5. The lowest BCUT2D eigenvalue weighted by atomic mass is 10.2. The number of carbonyl (C=O) groups is 1. The summed E-state index contributed by atoms with van der Waals surface area (Å²) in [4.78, 5) is 15.9. The van der Waals surface area contributed by atoms with Gasteiger partial charge in [-0.15, -0.1) is 0 Å². The second-order valence-corrected chi connectivity index (χ2v) is 5.04. The van der Waals surface area contributed by atoms with Gasteiger partial charge in [0.2, 0.25) is 0 Å². The average Bonchev–Trinajstić information content (AvgIpc) is 3.01. The molecule has 0 bridgehead atoms. The molecular formula is C14H19N3O. The van der Waals surface area contributed by atoms with Crippen LogP contribution in [-0.4, -0.2) is 37.1 Å². The number of nitrogens with zero attached hydrogens (tertiary/aromatic N) is 2. The highest BCUT2D eigenvalue weighted by Crippen LogP contribution is 2.20. The lowest BCUT2D eigenvalue weighted by Gasteiger charge is -2.18. The maximum Gasteiger partial charge on any atom is 0.321 e. The fraction of sp³-hybridized carbons (Fsp3) is 0.500. The molecule has 0 unspecified atom stereocenters. The number of anilines is 1. The summed E-state index contributed by atoms with van der Waals surface area (Å²) in [5.41, 5.74) is 2.32. The molecule has 2 amide bonds. The molecule has 0 aliphatic carbocycles. The topological polar surface area (TPSA) is 35.6 Å². The van der Waals surface area contributed by atoms with Gasteiger partial charge in [-0.3, -0.25) is 9.80 Å². The molecular weight excluding hydrogens is 226 g/mol. The number of carbonyl (C=O) groups excluding carboxylic acids is 1. The van der Waals surface area contributed by atoms with Crippen LogP contribution in [0.15, 0.2) is 24.3 Å². The molecule has 0 radical (unpaired) electrons. The Kier molecular flexibility index (Phi) is 3.19. The van der Waals surface area contributed by atoms with E-state index >= 15 is 0 Å².